The Hall–Kier alpha value is -2.30. The van der Waals surface area contributed by atoms with E-state index >= 15 is 0 Å². The van der Waals surface area contributed by atoms with Crippen molar-refractivity contribution in [1.29, 1.82) is 0 Å². The number of aromatic nitrogens is 1. The Bertz CT molecular complexity index is 839. The largest absolute Gasteiger partial charge is 0.351 e. The molecule has 1 aromatic carbocycles. The zero-order valence-corrected chi connectivity index (χ0v) is 15.6. The molecule has 5 heteroatoms. The van der Waals surface area contributed by atoms with Crippen molar-refractivity contribution < 1.29 is 9.59 Å². The minimum Gasteiger partial charge on any atom is -0.351 e. The SMILES string of the molecule is CC(C)c1ccc2cc(C(=O)N3CCC[C@@H](N4CCCC4=O)C3)[nH]c2c1. The first-order valence-electron chi connectivity index (χ1n) is 9.74. The number of amides is 2. The Morgan fingerprint density at radius 2 is 2.04 bits per heavy atom. The summed E-state index contributed by atoms with van der Waals surface area (Å²) in [4.78, 5) is 32.3. The zero-order chi connectivity index (χ0) is 18.3. The fraction of sp³-hybridized carbons (Fsp3) is 0.524. The highest BCUT2D eigenvalue weighted by Gasteiger charge is 2.33. The van der Waals surface area contributed by atoms with E-state index < -0.39 is 0 Å². The summed E-state index contributed by atoms with van der Waals surface area (Å²) in [6.07, 6.45) is 3.56. The molecule has 0 saturated carbocycles. The molecule has 2 aliphatic heterocycles. The lowest BCUT2D eigenvalue weighted by molar-refractivity contribution is -0.130. The lowest BCUT2D eigenvalue weighted by Crippen LogP contribution is -2.50. The van der Waals surface area contributed by atoms with Crippen molar-refractivity contribution >= 4 is 22.7 Å². The van der Waals surface area contributed by atoms with Crippen LogP contribution in [-0.4, -0.2) is 52.3 Å². The average Bonchev–Trinajstić information content (AvgIpc) is 3.26. The monoisotopic (exact) mass is 353 g/mol. The van der Waals surface area contributed by atoms with Crippen LogP contribution in [0.25, 0.3) is 10.9 Å². The summed E-state index contributed by atoms with van der Waals surface area (Å²) in [5, 5.41) is 1.07. The van der Waals surface area contributed by atoms with Crippen LogP contribution >= 0.6 is 0 Å². The maximum absolute atomic E-state index is 13.0. The van der Waals surface area contributed by atoms with Crippen LogP contribution in [-0.2, 0) is 4.79 Å². The molecular formula is C21H27N3O2. The number of carbonyl (C=O) groups is 2. The van der Waals surface area contributed by atoms with Gasteiger partial charge < -0.3 is 14.8 Å². The molecule has 0 unspecified atom stereocenters. The molecule has 0 spiro atoms. The molecule has 5 nitrogen and oxygen atoms in total. The minimum absolute atomic E-state index is 0.0450. The molecule has 4 rings (SSSR count). The number of H-pyrrole nitrogens is 1. The van der Waals surface area contributed by atoms with E-state index in [0.29, 0.717) is 24.6 Å². The number of rotatable bonds is 3. The van der Waals surface area contributed by atoms with E-state index in [2.05, 4.69) is 37.0 Å². The van der Waals surface area contributed by atoms with Crippen molar-refractivity contribution in [3.05, 3.63) is 35.5 Å². The second kappa shape index (κ2) is 6.78. The molecule has 2 fully saturated rings. The van der Waals surface area contributed by atoms with Gasteiger partial charge in [0.05, 0.1) is 0 Å². The second-order valence-corrected chi connectivity index (χ2v) is 7.92. The van der Waals surface area contributed by atoms with Gasteiger partial charge in [-0.3, -0.25) is 9.59 Å². The van der Waals surface area contributed by atoms with Gasteiger partial charge in [0.2, 0.25) is 5.91 Å². The van der Waals surface area contributed by atoms with Crippen LogP contribution in [0.2, 0.25) is 0 Å². The number of piperidine rings is 1. The lowest BCUT2D eigenvalue weighted by Gasteiger charge is -2.37. The number of carbonyl (C=O) groups excluding carboxylic acids is 2. The van der Waals surface area contributed by atoms with Crippen molar-refractivity contribution in [1.82, 2.24) is 14.8 Å². The highest BCUT2D eigenvalue weighted by atomic mass is 16.2. The van der Waals surface area contributed by atoms with Crippen LogP contribution in [0.5, 0.6) is 0 Å². The summed E-state index contributed by atoms with van der Waals surface area (Å²) in [6.45, 7) is 6.60. The molecule has 138 valence electrons. The normalized spacial score (nSPS) is 21.2. The molecule has 0 aliphatic carbocycles. The van der Waals surface area contributed by atoms with Gasteiger partial charge in [-0.05, 0) is 42.9 Å². The first kappa shape index (κ1) is 17.1. The highest BCUT2D eigenvalue weighted by Crippen LogP contribution is 2.25. The summed E-state index contributed by atoms with van der Waals surface area (Å²) in [6, 6.07) is 8.48. The lowest BCUT2D eigenvalue weighted by atomic mass is 10.0. The van der Waals surface area contributed by atoms with E-state index in [1.165, 1.54) is 5.56 Å². The summed E-state index contributed by atoms with van der Waals surface area (Å²) < 4.78 is 0. The summed E-state index contributed by atoms with van der Waals surface area (Å²) in [5.41, 5.74) is 2.93. The fourth-order valence-electron chi connectivity index (χ4n) is 4.24. The van der Waals surface area contributed by atoms with Crippen LogP contribution in [0, 0.1) is 0 Å². The smallest absolute Gasteiger partial charge is 0.270 e. The minimum atomic E-state index is 0.0450. The number of benzene rings is 1. The molecule has 0 bridgehead atoms. The molecule has 1 N–H and O–H groups in total. The Balaban J connectivity index is 1.53. The third kappa shape index (κ3) is 3.11. The summed E-state index contributed by atoms with van der Waals surface area (Å²) in [5.74, 6) is 0.752. The summed E-state index contributed by atoms with van der Waals surface area (Å²) in [7, 11) is 0. The van der Waals surface area contributed by atoms with Crippen LogP contribution in [0.3, 0.4) is 0 Å². The van der Waals surface area contributed by atoms with Gasteiger partial charge >= 0.3 is 0 Å². The van der Waals surface area contributed by atoms with E-state index in [1.54, 1.807) is 0 Å². The van der Waals surface area contributed by atoms with Gasteiger partial charge in [-0.2, -0.15) is 0 Å². The number of nitrogens with zero attached hydrogens (tertiary/aromatic N) is 2. The predicted octanol–water partition coefficient (Wildman–Crippen LogP) is 3.52. The molecule has 2 aromatic rings. The molecule has 0 radical (unpaired) electrons. The van der Waals surface area contributed by atoms with E-state index in [4.69, 9.17) is 0 Å². The quantitative estimate of drug-likeness (QED) is 0.918. The molecule has 2 saturated heterocycles. The highest BCUT2D eigenvalue weighted by molar-refractivity contribution is 5.98. The molecule has 2 amide bonds. The van der Waals surface area contributed by atoms with Crippen LogP contribution < -0.4 is 0 Å². The maximum atomic E-state index is 13.0. The van der Waals surface area contributed by atoms with E-state index in [0.717, 1.165) is 43.3 Å². The van der Waals surface area contributed by atoms with Gasteiger partial charge in [-0.15, -0.1) is 0 Å². The molecule has 3 heterocycles. The van der Waals surface area contributed by atoms with Crippen molar-refractivity contribution in [3.63, 3.8) is 0 Å². The molecular weight excluding hydrogens is 326 g/mol. The third-order valence-electron chi connectivity index (χ3n) is 5.78. The Morgan fingerprint density at radius 1 is 1.19 bits per heavy atom. The number of hydrogen-bond acceptors (Lipinski definition) is 2. The van der Waals surface area contributed by atoms with Gasteiger partial charge in [-0.1, -0.05) is 26.0 Å². The number of nitrogens with one attached hydrogen (secondary N) is 1. The standard InChI is InChI=1S/C21H27N3O2/c1-14(2)15-7-8-16-12-19(22-18(16)11-15)21(26)23-9-3-5-17(13-23)24-10-4-6-20(24)25/h7-8,11-12,14,17,22H,3-6,9-10,13H2,1-2H3/t17-/m1/s1. The van der Waals surface area contributed by atoms with Gasteiger partial charge in [0.1, 0.15) is 5.69 Å². The van der Waals surface area contributed by atoms with Crippen molar-refractivity contribution in [2.75, 3.05) is 19.6 Å². The molecule has 2 aliphatic rings. The molecule has 26 heavy (non-hydrogen) atoms. The van der Waals surface area contributed by atoms with Gasteiger partial charge in [0.25, 0.3) is 5.91 Å². The first-order valence-corrected chi connectivity index (χ1v) is 9.74. The Morgan fingerprint density at radius 3 is 2.77 bits per heavy atom. The van der Waals surface area contributed by atoms with E-state index in [1.807, 2.05) is 15.9 Å². The van der Waals surface area contributed by atoms with E-state index in [9.17, 15) is 9.59 Å². The number of likely N-dealkylation sites (tertiary alicyclic amines) is 2. The van der Waals surface area contributed by atoms with Crippen LogP contribution in [0.15, 0.2) is 24.3 Å². The van der Waals surface area contributed by atoms with Crippen molar-refractivity contribution in [2.24, 2.45) is 0 Å². The summed E-state index contributed by atoms with van der Waals surface area (Å²) >= 11 is 0. The molecule has 1 aromatic heterocycles. The number of fused-ring (bicyclic) bond motifs is 1. The predicted molar refractivity (Wildman–Crippen MR) is 102 cm³/mol. The zero-order valence-electron chi connectivity index (χ0n) is 15.6. The fourth-order valence-corrected chi connectivity index (χ4v) is 4.24. The first-order chi connectivity index (χ1) is 12.5. The van der Waals surface area contributed by atoms with Gasteiger partial charge in [0.15, 0.2) is 0 Å². The van der Waals surface area contributed by atoms with Crippen molar-refractivity contribution in [2.45, 2.75) is 51.5 Å². The number of hydrogen-bond donors (Lipinski definition) is 1. The van der Waals surface area contributed by atoms with E-state index in [-0.39, 0.29) is 17.9 Å². The maximum Gasteiger partial charge on any atom is 0.270 e. The van der Waals surface area contributed by atoms with Crippen molar-refractivity contribution in [3.8, 4) is 0 Å². The average molecular weight is 353 g/mol. The van der Waals surface area contributed by atoms with Gasteiger partial charge in [0, 0.05) is 43.0 Å². The van der Waals surface area contributed by atoms with Crippen LogP contribution in [0.4, 0.5) is 0 Å². The van der Waals surface area contributed by atoms with Gasteiger partial charge in [-0.25, -0.2) is 0 Å². The van der Waals surface area contributed by atoms with Crippen LogP contribution in [0.1, 0.15) is 61.5 Å². The topological polar surface area (TPSA) is 56.4 Å². The Kier molecular flexibility index (Phi) is 4.47. The molecule has 1 atom stereocenters. The number of aromatic amines is 1. The third-order valence-corrected chi connectivity index (χ3v) is 5.78. The second-order valence-electron chi connectivity index (χ2n) is 7.92. The Labute approximate surface area is 154 Å².